The van der Waals surface area contributed by atoms with Crippen LogP contribution in [0.5, 0.6) is 0 Å². The number of rotatable bonds is 27. The Morgan fingerprint density at radius 3 is 1.86 bits per heavy atom. The topological polar surface area (TPSA) is 107 Å². The molecule has 2 unspecified atom stereocenters. The van der Waals surface area contributed by atoms with Crippen molar-refractivity contribution in [2.75, 3.05) is 79.4 Å². The van der Waals surface area contributed by atoms with Gasteiger partial charge in [-0.25, -0.2) is 4.79 Å². The molecule has 1 amide bonds. The minimum atomic E-state index is -4.53. The lowest BCUT2D eigenvalue weighted by Crippen LogP contribution is -2.44. The molecule has 0 spiro atoms. The lowest BCUT2D eigenvalue weighted by Gasteiger charge is -2.31. The molecule has 2 saturated heterocycles. The van der Waals surface area contributed by atoms with Gasteiger partial charge in [-0.3, -0.25) is 4.57 Å². The summed E-state index contributed by atoms with van der Waals surface area (Å²) in [4.78, 5) is 26.6. The number of likely N-dealkylation sites (N-methyl/N-ethyl adjacent to an activating group) is 1. The van der Waals surface area contributed by atoms with Crippen LogP contribution in [0.3, 0.4) is 0 Å². The van der Waals surface area contributed by atoms with E-state index in [9.17, 15) is 14.3 Å². The third kappa shape index (κ3) is 19.7. The largest absolute Gasteiger partial charge is 0.756 e. The van der Waals surface area contributed by atoms with Gasteiger partial charge >= 0.3 is 6.09 Å². The van der Waals surface area contributed by atoms with Crippen LogP contribution in [-0.4, -0.2) is 101 Å². The van der Waals surface area contributed by atoms with Crippen LogP contribution in [0.2, 0.25) is 0 Å². The van der Waals surface area contributed by atoms with Gasteiger partial charge in [-0.1, -0.05) is 103 Å². The first kappa shape index (κ1) is 39.4. The highest BCUT2D eigenvalue weighted by Gasteiger charge is 2.28. The summed E-state index contributed by atoms with van der Waals surface area (Å²) in [6.45, 7) is 7.08. The van der Waals surface area contributed by atoms with E-state index in [1.807, 2.05) is 0 Å². The summed E-state index contributed by atoms with van der Waals surface area (Å²) in [5, 5.41) is 0. The van der Waals surface area contributed by atoms with Gasteiger partial charge < -0.3 is 37.5 Å². The van der Waals surface area contributed by atoms with Crippen molar-refractivity contribution in [2.45, 2.75) is 129 Å². The van der Waals surface area contributed by atoms with Gasteiger partial charge in [0.2, 0.25) is 0 Å². The fraction of sp³-hybridized carbons (Fsp3) is 0.970. The molecule has 0 aromatic carbocycles. The maximum atomic E-state index is 12.6. The Bertz CT molecular complexity index is 762. The fourth-order valence-corrected chi connectivity index (χ4v) is 6.68. The van der Waals surface area contributed by atoms with Crippen molar-refractivity contribution < 1.29 is 42.0 Å². The Morgan fingerprint density at radius 2 is 1.32 bits per heavy atom. The summed E-state index contributed by atoms with van der Waals surface area (Å²) in [7, 11) is -2.41. The molecular weight excluding hydrogens is 583 g/mol. The number of amides is 1. The quantitative estimate of drug-likeness (QED) is 0.0541. The van der Waals surface area contributed by atoms with E-state index in [0.29, 0.717) is 39.5 Å². The molecule has 0 aromatic heterocycles. The first-order chi connectivity index (χ1) is 21.3. The number of likely N-dealkylation sites (tertiary alicyclic amines) is 1. The number of carbonyl (C=O) groups is 1. The molecule has 2 aliphatic rings. The second-order valence-electron chi connectivity index (χ2n) is 13.1. The predicted molar refractivity (Wildman–Crippen MR) is 173 cm³/mol. The Kier molecular flexibility index (Phi) is 21.9. The van der Waals surface area contributed by atoms with Crippen LogP contribution in [-0.2, 0) is 27.8 Å². The van der Waals surface area contributed by atoms with Crippen LogP contribution >= 0.6 is 7.82 Å². The van der Waals surface area contributed by atoms with E-state index >= 15 is 0 Å². The van der Waals surface area contributed by atoms with E-state index in [2.05, 4.69) is 14.0 Å². The van der Waals surface area contributed by atoms with Gasteiger partial charge in [-0.15, -0.1) is 0 Å². The minimum Gasteiger partial charge on any atom is -0.756 e. The SMILES string of the molecule is CCCCCCCCCCCCCCCCCCOCC(COP(=O)([O-])OCC[N+]1(C)CCCC1)OC(=O)N1CCOCC1. The van der Waals surface area contributed by atoms with Crippen LogP contribution in [0.4, 0.5) is 4.79 Å². The summed E-state index contributed by atoms with van der Waals surface area (Å²) >= 11 is 0. The van der Waals surface area contributed by atoms with Crippen LogP contribution in [0.1, 0.15) is 122 Å². The Hall–Kier alpha value is -0.740. The number of hydrogen-bond donors (Lipinski definition) is 0. The van der Waals surface area contributed by atoms with E-state index in [4.69, 9.17) is 23.3 Å². The van der Waals surface area contributed by atoms with Gasteiger partial charge in [0.15, 0.2) is 6.10 Å². The van der Waals surface area contributed by atoms with E-state index in [1.54, 1.807) is 4.90 Å². The van der Waals surface area contributed by atoms with Crippen molar-refractivity contribution in [3.05, 3.63) is 0 Å². The molecule has 0 N–H and O–H groups in total. The van der Waals surface area contributed by atoms with Gasteiger partial charge in [-0.2, -0.15) is 0 Å². The third-order valence-electron chi connectivity index (χ3n) is 8.93. The molecule has 2 aliphatic heterocycles. The number of phosphoric acid groups is 1. The molecule has 0 bridgehead atoms. The average molecular weight is 649 g/mol. The zero-order valence-electron chi connectivity index (χ0n) is 28.2. The highest BCUT2D eigenvalue weighted by molar-refractivity contribution is 7.45. The van der Waals surface area contributed by atoms with E-state index in [0.717, 1.165) is 43.3 Å². The first-order valence-electron chi connectivity index (χ1n) is 17.9. The smallest absolute Gasteiger partial charge is 0.410 e. The highest BCUT2D eigenvalue weighted by atomic mass is 31.2. The molecule has 2 atom stereocenters. The molecule has 10 nitrogen and oxygen atoms in total. The van der Waals surface area contributed by atoms with E-state index in [1.165, 1.54) is 89.9 Å². The molecule has 0 radical (unpaired) electrons. The maximum absolute atomic E-state index is 12.6. The second kappa shape index (κ2) is 24.4. The average Bonchev–Trinajstić information content (AvgIpc) is 3.45. The Balaban J connectivity index is 1.55. The molecule has 0 saturated carbocycles. The van der Waals surface area contributed by atoms with Gasteiger partial charge in [0.1, 0.15) is 13.2 Å². The molecule has 44 heavy (non-hydrogen) atoms. The molecule has 260 valence electrons. The van der Waals surface area contributed by atoms with Crippen LogP contribution in [0.25, 0.3) is 0 Å². The fourth-order valence-electron chi connectivity index (χ4n) is 5.95. The third-order valence-corrected chi connectivity index (χ3v) is 9.89. The molecular formula is C33H65N2O8P. The number of phosphoric ester groups is 1. The zero-order chi connectivity index (χ0) is 31.8. The van der Waals surface area contributed by atoms with Crippen LogP contribution < -0.4 is 4.89 Å². The number of morpholine rings is 1. The number of nitrogens with zero attached hydrogens (tertiary/aromatic N) is 2. The molecule has 0 aliphatic carbocycles. The summed E-state index contributed by atoms with van der Waals surface area (Å²) in [6, 6.07) is 0. The predicted octanol–water partition coefficient (Wildman–Crippen LogP) is 6.84. The lowest BCUT2D eigenvalue weighted by molar-refractivity contribution is -0.897. The van der Waals surface area contributed by atoms with Crippen LogP contribution in [0.15, 0.2) is 0 Å². The van der Waals surface area contributed by atoms with Crippen LogP contribution in [0, 0.1) is 0 Å². The normalized spacial score (nSPS) is 18.8. The van der Waals surface area contributed by atoms with Crippen molar-refractivity contribution in [2.24, 2.45) is 0 Å². The summed E-state index contributed by atoms with van der Waals surface area (Å²) in [5.74, 6) is 0. The van der Waals surface area contributed by atoms with E-state index in [-0.39, 0.29) is 19.8 Å². The second-order valence-corrected chi connectivity index (χ2v) is 14.5. The summed E-state index contributed by atoms with van der Waals surface area (Å²) in [5.41, 5.74) is 0. The number of unbranched alkanes of at least 4 members (excludes halogenated alkanes) is 15. The van der Waals surface area contributed by atoms with Gasteiger partial charge in [0.05, 0.1) is 46.6 Å². The van der Waals surface area contributed by atoms with Crippen molar-refractivity contribution in [3.63, 3.8) is 0 Å². The summed E-state index contributed by atoms with van der Waals surface area (Å²) < 4.78 is 40.2. The molecule has 2 rings (SSSR count). The highest BCUT2D eigenvalue weighted by Crippen LogP contribution is 2.38. The summed E-state index contributed by atoms with van der Waals surface area (Å²) in [6.07, 6.45) is 21.9. The number of hydrogen-bond acceptors (Lipinski definition) is 8. The van der Waals surface area contributed by atoms with Gasteiger partial charge in [0.25, 0.3) is 7.82 Å². The Labute approximate surface area is 268 Å². The maximum Gasteiger partial charge on any atom is 0.410 e. The van der Waals surface area contributed by atoms with Gasteiger partial charge in [-0.05, 0) is 6.42 Å². The molecule has 2 fully saturated rings. The first-order valence-corrected chi connectivity index (χ1v) is 19.3. The standard InChI is InChI=1S/C33H65N2O8P/c1-3-4-5-6-7-8-9-10-11-12-13-14-15-16-17-20-26-40-30-32(43-33(36)34-21-27-39-28-22-34)31-42-44(37,38)41-29-25-35(2)23-18-19-24-35/h32H,3-31H2,1-2H3. The van der Waals surface area contributed by atoms with Crippen molar-refractivity contribution in [3.8, 4) is 0 Å². The number of quaternary nitrogens is 1. The van der Waals surface area contributed by atoms with Crippen molar-refractivity contribution in [1.82, 2.24) is 4.90 Å². The number of ether oxygens (including phenoxy) is 3. The zero-order valence-corrected chi connectivity index (χ0v) is 29.1. The molecule has 2 heterocycles. The minimum absolute atomic E-state index is 0.0732. The monoisotopic (exact) mass is 648 g/mol. The van der Waals surface area contributed by atoms with Gasteiger partial charge in [0, 0.05) is 32.5 Å². The lowest BCUT2D eigenvalue weighted by atomic mass is 10.0. The number of carbonyl (C=O) groups excluding carboxylic acids is 1. The molecule has 11 heteroatoms. The van der Waals surface area contributed by atoms with E-state index < -0.39 is 20.0 Å². The van der Waals surface area contributed by atoms with Crippen molar-refractivity contribution >= 4 is 13.9 Å². The Morgan fingerprint density at radius 1 is 0.795 bits per heavy atom. The molecule has 0 aromatic rings. The van der Waals surface area contributed by atoms with Crippen molar-refractivity contribution in [1.29, 1.82) is 0 Å².